The SMILES string of the molecule is N#CC1=C(N)Oc2cc(O)ccc2[C@@H]1c1ccccc1. The molecule has 98 valence electrons. The minimum absolute atomic E-state index is 0.0828. The van der Waals surface area contributed by atoms with Crippen LogP contribution in [-0.2, 0) is 0 Å². The summed E-state index contributed by atoms with van der Waals surface area (Å²) in [6, 6.07) is 16.6. The van der Waals surface area contributed by atoms with Crippen LogP contribution in [0.5, 0.6) is 11.5 Å². The van der Waals surface area contributed by atoms with Gasteiger partial charge in [0.2, 0.25) is 5.88 Å². The maximum absolute atomic E-state index is 9.55. The van der Waals surface area contributed by atoms with E-state index in [2.05, 4.69) is 6.07 Å². The highest BCUT2D eigenvalue weighted by Crippen LogP contribution is 2.42. The summed E-state index contributed by atoms with van der Waals surface area (Å²) in [6.07, 6.45) is 0. The molecule has 0 saturated heterocycles. The van der Waals surface area contributed by atoms with Gasteiger partial charge in [-0.1, -0.05) is 36.4 Å². The summed E-state index contributed by atoms with van der Waals surface area (Å²) in [5.41, 5.74) is 8.00. The topological polar surface area (TPSA) is 79.3 Å². The molecule has 0 fully saturated rings. The number of aromatic hydroxyl groups is 1. The van der Waals surface area contributed by atoms with Crippen LogP contribution >= 0.6 is 0 Å². The lowest BCUT2D eigenvalue weighted by Gasteiger charge is -2.26. The van der Waals surface area contributed by atoms with Gasteiger partial charge in [-0.25, -0.2) is 0 Å². The molecule has 0 amide bonds. The summed E-state index contributed by atoms with van der Waals surface area (Å²) in [5, 5.41) is 18.9. The molecule has 0 unspecified atom stereocenters. The Morgan fingerprint density at radius 2 is 1.90 bits per heavy atom. The normalized spacial score (nSPS) is 17.1. The molecule has 0 saturated carbocycles. The Balaban J connectivity index is 2.23. The lowest BCUT2D eigenvalue weighted by Crippen LogP contribution is -2.20. The van der Waals surface area contributed by atoms with Crippen molar-refractivity contribution in [3.8, 4) is 17.6 Å². The van der Waals surface area contributed by atoms with Crippen molar-refractivity contribution in [1.82, 2.24) is 0 Å². The van der Waals surface area contributed by atoms with Crippen LogP contribution in [0.4, 0.5) is 0 Å². The fraction of sp³-hybridized carbons (Fsp3) is 0.0625. The molecule has 4 nitrogen and oxygen atoms in total. The lowest BCUT2D eigenvalue weighted by atomic mass is 9.83. The monoisotopic (exact) mass is 264 g/mol. The first-order chi connectivity index (χ1) is 9.70. The first kappa shape index (κ1) is 12.1. The number of hydrogen-bond donors (Lipinski definition) is 2. The zero-order valence-electron chi connectivity index (χ0n) is 10.6. The molecular formula is C16H12N2O2. The zero-order valence-corrected chi connectivity index (χ0v) is 10.6. The smallest absolute Gasteiger partial charge is 0.205 e. The van der Waals surface area contributed by atoms with Crippen molar-refractivity contribution in [2.45, 2.75) is 5.92 Å². The summed E-state index contributed by atoms with van der Waals surface area (Å²) in [7, 11) is 0. The van der Waals surface area contributed by atoms with Gasteiger partial charge in [0, 0.05) is 11.6 Å². The zero-order chi connectivity index (χ0) is 14.1. The van der Waals surface area contributed by atoms with E-state index in [1.54, 1.807) is 12.1 Å². The van der Waals surface area contributed by atoms with Gasteiger partial charge in [0.15, 0.2) is 0 Å². The minimum Gasteiger partial charge on any atom is -0.508 e. The van der Waals surface area contributed by atoms with E-state index in [0.717, 1.165) is 11.1 Å². The lowest BCUT2D eigenvalue weighted by molar-refractivity contribution is 0.388. The van der Waals surface area contributed by atoms with E-state index >= 15 is 0 Å². The Morgan fingerprint density at radius 1 is 1.15 bits per heavy atom. The minimum atomic E-state index is -0.273. The first-order valence-electron chi connectivity index (χ1n) is 6.16. The fourth-order valence-corrected chi connectivity index (χ4v) is 2.43. The van der Waals surface area contributed by atoms with E-state index < -0.39 is 0 Å². The first-order valence-corrected chi connectivity index (χ1v) is 6.16. The average molecular weight is 264 g/mol. The Labute approximate surface area is 116 Å². The molecule has 0 aliphatic carbocycles. The highest BCUT2D eigenvalue weighted by Gasteiger charge is 2.30. The van der Waals surface area contributed by atoms with Crippen molar-refractivity contribution < 1.29 is 9.84 Å². The highest BCUT2D eigenvalue weighted by atomic mass is 16.5. The van der Waals surface area contributed by atoms with Gasteiger partial charge < -0.3 is 15.6 Å². The average Bonchev–Trinajstić information content (AvgIpc) is 2.46. The van der Waals surface area contributed by atoms with E-state index in [0.29, 0.717) is 11.3 Å². The number of nitriles is 1. The molecular weight excluding hydrogens is 252 g/mol. The molecule has 1 atom stereocenters. The van der Waals surface area contributed by atoms with Gasteiger partial charge in [-0.2, -0.15) is 5.26 Å². The van der Waals surface area contributed by atoms with Crippen molar-refractivity contribution in [1.29, 1.82) is 5.26 Å². The molecule has 3 rings (SSSR count). The van der Waals surface area contributed by atoms with E-state index in [-0.39, 0.29) is 17.6 Å². The van der Waals surface area contributed by atoms with E-state index in [9.17, 15) is 10.4 Å². The molecule has 1 heterocycles. The molecule has 2 aromatic carbocycles. The van der Waals surface area contributed by atoms with Crippen molar-refractivity contribution in [2.24, 2.45) is 5.73 Å². The van der Waals surface area contributed by atoms with Crippen molar-refractivity contribution in [3.05, 3.63) is 71.1 Å². The van der Waals surface area contributed by atoms with Crippen LogP contribution in [-0.4, -0.2) is 5.11 Å². The quantitative estimate of drug-likeness (QED) is 0.829. The Bertz CT molecular complexity index is 730. The van der Waals surface area contributed by atoms with Gasteiger partial charge in [0.05, 0.1) is 5.92 Å². The Hall–Kier alpha value is -2.93. The third kappa shape index (κ3) is 1.86. The van der Waals surface area contributed by atoms with E-state index in [1.807, 2.05) is 30.3 Å². The Morgan fingerprint density at radius 3 is 2.60 bits per heavy atom. The summed E-state index contributed by atoms with van der Waals surface area (Å²) in [4.78, 5) is 0. The highest BCUT2D eigenvalue weighted by molar-refractivity contribution is 5.56. The summed E-state index contributed by atoms with van der Waals surface area (Å²) >= 11 is 0. The number of ether oxygens (including phenoxy) is 1. The predicted octanol–water partition coefficient (Wildman–Crippen LogP) is 2.61. The third-order valence-corrected chi connectivity index (χ3v) is 3.34. The number of rotatable bonds is 1. The van der Waals surface area contributed by atoms with Crippen LogP contribution in [0.3, 0.4) is 0 Å². The molecule has 4 heteroatoms. The van der Waals surface area contributed by atoms with Gasteiger partial charge >= 0.3 is 0 Å². The third-order valence-electron chi connectivity index (χ3n) is 3.34. The second kappa shape index (κ2) is 4.63. The molecule has 1 aliphatic heterocycles. The number of benzene rings is 2. The number of nitrogens with zero attached hydrogens (tertiary/aromatic N) is 1. The van der Waals surface area contributed by atoms with Crippen LogP contribution in [0.15, 0.2) is 60.0 Å². The van der Waals surface area contributed by atoms with Crippen molar-refractivity contribution >= 4 is 0 Å². The van der Waals surface area contributed by atoms with Crippen LogP contribution < -0.4 is 10.5 Å². The summed E-state index contributed by atoms with van der Waals surface area (Å²) in [6.45, 7) is 0. The number of phenols is 1. The number of hydrogen-bond acceptors (Lipinski definition) is 4. The molecule has 0 aromatic heterocycles. The fourth-order valence-electron chi connectivity index (χ4n) is 2.43. The van der Waals surface area contributed by atoms with Crippen LogP contribution in [0.1, 0.15) is 17.0 Å². The number of allylic oxidation sites excluding steroid dienone is 1. The Kier molecular flexibility index (Phi) is 2.81. The van der Waals surface area contributed by atoms with Gasteiger partial charge in [-0.15, -0.1) is 0 Å². The molecule has 0 bridgehead atoms. The second-order valence-corrected chi connectivity index (χ2v) is 4.56. The molecule has 1 aliphatic rings. The number of fused-ring (bicyclic) bond motifs is 1. The number of nitrogens with two attached hydrogens (primary N) is 1. The molecule has 0 radical (unpaired) electrons. The van der Waals surface area contributed by atoms with Crippen LogP contribution in [0, 0.1) is 11.3 Å². The van der Waals surface area contributed by atoms with Crippen LogP contribution in [0.25, 0.3) is 0 Å². The van der Waals surface area contributed by atoms with Crippen molar-refractivity contribution in [2.75, 3.05) is 0 Å². The maximum atomic E-state index is 9.55. The van der Waals surface area contributed by atoms with Gasteiger partial charge in [-0.3, -0.25) is 0 Å². The molecule has 20 heavy (non-hydrogen) atoms. The van der Waals surface area contributed by atoms with Gasteiger partial charge in [0.1, 0.15) is 23.1 Å². The van der Waals surface area contributed by atoms with Crippen molar-refractivity contribution in [3.63, 3.8) is 0 Å². The molecule has 3 N–H and O–H groups in total. The molecule has 2 aromatic rings. The summed E-state index contributed by atoms with van der Waals surface area (Å²) < 4.78 is 5.44. The number of phenolic OH excluding ortho intramolecular Hbond substituents is 1. The second-order valence-electron chi connectivity index (χ2n) is 4.56. The van der Waals surface area contributed by atoms with Gasteiger partial charge in [0.25, 0.3) is 0 Å². The van der Waals surface area contributed by atoms with E-state index in [4.69, 9.17) is 10.5 Å². The standard InChI is InChI=1S/C16H12N2O2/c17-9-13-15(10-4-2-1-3-5-10)12-7-6-11(19)8-14(12)20-16(13)18/h1-8,15,19H,18H2/t15-/m0/s1. The molecule has 0 spiro atoms. The maximum Gasteiger partial charge on any atom is 0.205 e. The van der Waals surface area contributed by atoms with Crippen LogP contribution in [0.2, 0.25) is 0 Å². The van der Waals surface area contributed by atoms with E-state index in [1.165, 1.54) is 6.07 Å². The largest absolute Gasteiger partial charge is 0.508 e. The predicted molar refractivity (Wildman–Crippen MR) is 73.8 cm³/mol. The van der Waals surface area contributed by atoms with Gasteiger partial charge in [-0.05, 0) is 11.6 Å². The summed E-state index contributed by atoms with van der Waals surface area (Å²) in [5.74, 6) is 0.393.